The molecule has 0 bridgehead atoms. The Balaban J connectivity index is 2.23. The lowest BCUT2D eigenvalue weighted by Crippen LogP contribution is -2.04. The number of hydrogen-bond acceptors (Lipinski definition) is 1. The summed E-state index contributed by atoms with van der Waals surface area (Å²) in [7, 11) is 0. The molecule has 0 fully saturated rings. The van der Waals surface area contributed by atoms with Gasteiger partial charge in [-0.3, -0.25) is 0 Å². The molecule has 0 heterocycles. The molecule has 0 spiro atoms. The van der Waals surface area contributed by atoms with Gasteiger partial charge < -0.3 is 5.11 Å². The van der Waals surface area contributed by atoms with Crippen molar-refractivity contribution in [1.29, 1.82) is 0 Å². The zero-order valence-corrected chi connectivity index (χ0v) is 11.5. The Labute approximate surface area is 123 Å². The maximum Gasteiger partial charge on any atom is 0.194 e. The first kappa shape index (κ1) is 15.2. The first-order valence-electron chi connectivity index (χ1n) is 5.65. The van der Waals surface area contributed by atoms with E-state index in [-0.39, 0.29) is 12.0 Å². The predicted molar refractivity (Wildman–Crippen MR) is 71.4 cm³/mol. The zero-order chi connectivity index (χ0) is 14.9. The van der Waals surface area contributed by atoms with Crippen molar-refractivity contribution in [2.45, 2.75) is 12.5 Å². The van der Waals surface area contributed by atoms with Gasteiger partial charge in [-0.1, -0.05) is 29.3 Å². The lowest BCUT2D eigenvalue weighted by Gasteiger charge is -2.12. The highest BCUT2D eigenvalue weighted by molar-refractivity contribution is 6.42. The molecular weight excluding hydrogens is 312 g/mol. The van der Waals surface area contributed by atoms with Crippen LogP contribution in [0.1, 0.15) is 17.2 Å². The van der Waals surface area contributed by atoms with Gasteiger partial charge in [-0.15, -0.1) is 0 Å². The summed E-state index contributed by atoms with van der Waals surface area (Å²) in [5.74, 6) is -4.24. The molecule has 2 rings (SSSR count). The van der Waals surface area contributed by atoms with E-state index in [1.807, 2.05) is 0 Å². The zero-order valence-electron chi connectivity index (χ0n) is 10.0. The Morgan fingerprint density at radius 3 is 2.10 bits per heavy atom. The fourth-order valence-electron chi connectivity index (χ4n) is 1.78. The predicted octanol–water partition coefficient (Wildman–Crippen LogP) is 4.69. The van der Waals surface area contributed by atoms with Crippen molar-refractivity contribution in [2.24, 2.45) is 0 Å². The van der Waals surface area contributed by atoms with Crippen molar-refractivity contribution in [2.75, 3.05) is 0 Å². The second kappa shape index (κ2) is 6.04. The summed E-state index contributed by atoms with van der Waals surface area (Å²) >= 11 is 11.6. The highest BCUT2D eigenvalue weighted by atomic mass is 35.5. The van der Waals surface area contributed by atoms with E-state index < -0.39 is 23.6 Å². The Hall–Kier alpha value is -1.23. The Morgan fingerprint density at radius 2 is 1.55 bits per heavy atom. The summed E-state index contributed by atoms with van der Waals surface area (Å²) in [5, 5.41) is 10.6. The van der Waals surface area contributed by atoms with E-state index >= 15 is 0 Å². The van der Waals surface area contributed by atoms with Gasteiger partial charge in [0.05, 0.1) is 16.1 Å². The topological polar surface area (TPSA) is 20.2 Å². The van der Waals surface area contributed by atoms with Crippen molar-refractivity contribution in [1.82, 2.24) is 0 Å². The molecule has 0 aromatic heterocycles. The van der Waals surface area contributed by atoms with Crippen molar-refractivity contribution < 1.29 is 18.3 Å². The smallest absolute Gasteiger partial charge is 0.194 e. The normalized spacial score (nSPS) is 12.5. The summed E-state index contributed by atoms with van der Waals surface area (Å²) in [6.45, 7) is 0. The van der Waals surface area contributed by atoms with Crippen LogP contribution in [0.2, 0.25) is 10.0 Å². The first-order valence-corrected chi connectivity index (χ1v) is 6.40. The second-order valence-corrected chi connectivity index (χ2v) is 5.08. The van der Waals surface area contributed by atoms with Crippen LogP contribution in [0.15, 0.2) is 30.3 Å². The number of aliphatic hydroxyl groups excluding tert-OH is 1. The van der Waals surface area contributed by atoms with Crippen LogP contribution in [-0.2, 0) is 6.42 Å². The molecule has 0 saturated carbocycles. The number of benzene rings is 2. The molecule has 0 amide bonds. The van der Waals surface area contributed by atoms with Crippen LogP contribution in [0.5, 0.6) is 0 Å². The van der Waals surface area contributed by atoms with Gasteiger partial charge in [0.15, 0.2) is 17.5 Å². The molecule has 0 radical (unpaired) electrons. The van der Waals surface area contributed by atoms with Gasteiger partial charge in [-0.25, -0.2) is 13.2 Å². The maximum absolute atomic E-state index is 13.1. The number of hydrogen-bond donors (Lipinski definition) is 1. The number of aliphatic hydroxyl groups is 1. The highest BCUT2D eigenvalue weighted by Crippen LogP contribution is 2.26. The van der Waals surface area contributed by atoms with Gasteiger partial charge in [0.1, 0.15) is 0 Å². The van der Waals surface area contributed by atoms with Gasteiger partial charge in [-0.2, -0.15) is 0 Å². The Morgan fingerprint density at radius 1 is 0.950 bits per heavy atom. The Kier molecular flexibility index (Phi) is 4.58. The largest absolute Gasteiger partial charge is 0.388 e. The molecule has 6 heteroatoms. The third-order valence-electron chi connectivity index (χ3n) is 2.80. The van der Waals surface area contributed by atoms with E-state index in [9.17, 15) is 18.3 Å². The summed E-state index contributed by atoms with van der Waals surface area (Å²) in [5.41, 5.74) is 0.588. The molecule has 0 aliphatic rings. The van der Waals surface area contributed by atoms with Crippen LogP contribution in [0, 0.1) is 17.5 Å². The van der Waals surface area contributed by atoms with E-state index in [0.717, 1.165) is 12.1 Å². The molecular formula is C14H9Cl2F3O. The molecule has 2 aromatic carbocycles. The summed E-state index contributed by atoms with van der Waals surface area (Å²) in [6, 6.07) is 6.26. The molecule has 0 saturated heterocycles. The third-order valence-corrected chi connectivity index (χ3v) is 3.54. The monoisotopic (exact) mass is 320 g/mol. The average Bonchev–Trinajstić information content (AvgIpc) is 2.39. The number of rotatable bonds is 3. The Bertz CT molecular complexity index is 623. The fraction of sp³-hybridized carbons (Fsp3) is 0.143. The summed E-state index contributed by atoms with van der Waals surface area (Å²) in [6.07, 6.45) is -1.11. The minimum absolute atomic E-state index is 0.0486. The quantitative estimate of drug-likeness (QED) is 0.814. The first-order chi connectivity index (χ1) is 9.38. The second-order valence-electron chi connectivity index (χ2n) is 4.27. The van der Waals surface area contributed by atoms with Crippen LogP contribution < -0.4 is 0 Å². The van der Waals surface area contributed by atoms with Crippen LogP contribution >= 0.6 is 23.2 Å². The van der Waals surface area contributed by atoms with E-state index in [1.165, 1.54) is 0 Å². The van der Waals surface area contributed by atoms with Gasteiger partial charge in [0.2, 0.25) is 0 Å². The summed E-state index contributed by atoms with van der Waals surface area (Å²) in [4.78, 5) is 0. The molecule has 20 heavy (non-hydrogen) atoms. The van der Waals surface area contributed by atoms with Crippen molar-refractivity contribution in [3.8, 4) is 0 Å². The van der Waals surface area contributed by atoms with Crippen LogP contribution in [0.25, 0.3) is 0 Å². The van der Waals surface area contributed by atoms with E-state index in [0.29, 0.717) is 15.6 Å². The number of halogens is 5. The van der Waals surface area contributed by atoms with Crippen LogP contribution in [-0.4, -0.2) is 5.11 Å². The van der Waals surface area contributed by atoms with E-state index in [1.54, 1.807) is 18.2 Å². The lowest BCUT2D eigenvalue weighted by atomic mass is 10.0. The van der Waals surface area contributed by atoms with Gasteiger partial charge in [0, 0.05) is 6.42 Å². The van der Waals surface area contributed by atoms with Gasteiger partial charge in [0.25, 0.3) is 0 Å². The molecule has 1 atom stereocenters. The van der Waals surface area contributed by atoms with Crippen LogP contribution in [0.4, 0.5) is 13.2 Å². The van der Waals surface area contributed by atoms with Crippen molar-refractivity contribution in [3.05, 3.63) is 69.0 Å². The minimum atomic E-state index is -1.56. The molecule has 106 valence electrons. The summed E-state index contributed by atoms with van der Waals surface area (Å²) < 4.78 is 39.0. The van der Waals surface area contributed by atoms with Gasteiger partial charge in [-0.05, 0) is 35.4 Å². The molecule has 0 aliphatic heterocycles. The highest BCUT2D eigenvalue weighted by Gasteiger charge is 2.16. The minimum Gasteiger partial charge on any atom is -0.388 e. The third kappa shape index (κ3) is 3.26. The molecule has 2 aromatic rings. The van der Waals surface area contributed by atoms with Gasteiger partial charge >= 0.3 is 0 Å². The molecule has 0 aliphatic carbocycles. The molecule has 1 unspecified atom stereocenters. The van der Waals surface area contributed by atoms with Crippen molar-refractivity contribution in [3.63, 3.8) is 0 Å². The molecule has 1 nitrogen and oxygen atoms in total. The maximum atomic E-state index is 13.1. The van der Waals surface area contributed by atoms with Crippen LogP contribution in [0.3, 0.4) is 0 Å². The lowest BCUT2D eigenvalue weighted by molar-refractivity contribution is 0.177. The SMILES string of the molecule is OC(Cc1ccc(Cl)c(Cl)c1)c1cc(F)c(F)c(F)c1. The van der Waals surface area contributed by atoms with E-state index in [2.05, 4.69) is 0 Å². The van der Waals surface area contributed by atoms with Crippen molar-refractivity contribution >= 4 is 23.2 Å². The molecule has 1 N–H and O–H groups in total. The standard InChI is InChI=1S/C14H9Cl2F3O/c15-9-2-1-7(3-10(9)16)4-13(20)8-5-11(17)14(19)12(18)6-8/h1-3,5-6,13,20H,4H2. The average molecular weight is 321 g/mol. The van der Waals surface area contributed by atoms with E-state index in [4.69, 9.17) is 23.2 Å². The fourth-order valence-corrected chi connectivity index (χ4v) is 2.10.